The Balaban J connectivity index is 3.13. The quantitative estimate of drug-likeness (QED) is 0.856. The molecule has 0 heterocycles. The molecule has 19 heavy (non-hydrogen) atoms. The van der Waals surface area contributed by atoms with Crippen LogP contribution in [0.5, 0.6) is 0 Å². The van der Waals surface area contributed by atoms with Crippen molar-refractivity contribution in [3.8, 4) is 0 Å². The molecule has 0 aliphatic carbocycles. The van der Waals surface area contributed by atoms with Crippen LogP contribution in [0.15, 0.2) is 30.3 Å². The first-order valence-electron chi connectivity index (χ1n) is 5.91. The van der Waals surface area contributed by atoms with Crippen molar-refractivity contribution in [2.45, 2.75) is 31.3 Å². The maximum Gasteiger partial charge on any atom is 0.241 e. The van der Waals surface area contributed by atoms with E-state index in [9.17, 15) is 13.2 Å². The number of carbonyl (C=O) groups excluding carboxylic acids is 1. The summed E-state index contributed by atoms with van der Waals surface area (Å²) in [5.74, 6) is -0.621. The minimum atomic E-state index is -3.26. The molecule has 0 radical (unpaired) electrons. The zero-order valence-corrected chi connectivity index (χ0v) is 12.2. The fourth-order valence-electron chi connectivity index (χ4n) is 1.42. The van der Waals surface area contributed by atoms with Gasteiger partial charge in [-0.15, -0.1) is 0 Å². The molecule has 0 saturated heterocycles. The SMILES string of the molecule is CC(C)(C)S(=O)(=O)Cc1ccccc1/C=C/C(N)=O. The summed E-state index contributed by atoms with van der Waals surface area (Å²) in [5.41, 5.74) is 6.39. The molecule has 5 heteroatoms. The monoisotopic (exact) mass is 281 g/mol. The number of hydrogen-bond donors (Lipinski definition) is 1. The van der Waals surface area contributed by atoms with E-state index in [0.29, 0.717) is 11.1 Å². The summed E-state index contributed by atoms with van der Waals surface area (Å²) in [6.07, 6.45) is 2.76. The molecule has 0 fully saturated rings. The van der Waals surface area contributed by atoms with E-state index in [1.807, 2.05) is 0 Å². The summed E-state index contributed by atoms with van der Waals surface area (Å²) < 4.78 is 23.6. The van der Waals surface area contributed by atoms with Crippen molar-refractivity contribution in [1.29, 1.82) is 0 Å². The van der Waals surface area contributed by atoms with Crippen LogP contribution in [0.2, 0.25) is 0 Å². The lowest BCUT2D eigenvalue weighted by Crippen LogP contribution is -2.29. The van der Waals surface area contributed by atoms with E-state index in [0.717, 1.165) is 0 Å². The maximum absolute atomic E-state index is 12.2. The van der Waals surface area contributed by atoms with Crippen LogP contribution < -0.4 is 5.73 Å². The number of benzene rings is 1. The maximum atomic E-state index is 12.2. The Morgan fingerprint density at radius 1 is 1.26 bits per heavy atom. The fourth-order valence-corrected chi connectivity index (χ4v) is 2.53. The lowest BCUT2D eigenvalue weighted by atomic mass is 10.1. The molecule has 0 unspecified atom stereocenters. The number of sulfone groups is 1. The molecule has 1 aromatic rings. The molecule has 1 rings (SSSR count). The molecule has 0 bridgehead atoms. The summed E-state index contributed by atoms with van der Waals surface area (Å²) >= 11 is 0. The molecule has 0 spiro atoms. The second-order valence-corrected chi connectivity index (χ2v) is 8.05. The minimum absolute atomic E-state index is 0.0597. The molecule has 0 atom stereocenters. The molecule has 0 aliphatic heterocycles. The van der Waals surface area contributed by atoms with Crippen LogP contribution >= 0.6 is 0 Å². The highest BCUT2D eigenvalue weighted by Crippen LogP contribution is 2.22. The van der Waals surface area contributed by atoms with Crippen molar-refractivity contribution >= 4 is 21.8 Å². The van der Waals surface area contributed by atoms with Crippen LogP contribution in [0.1, 0.15) is 31.9 Å². The van der Waals surface area contributed by atoms with Crippen LogP contribution in [0.4, 0.5) is 0 Å². The highest BCUT2D eigenvalue weighted by molar-refractivity contribution is 7.91. The third-order valence-electron chi connectivity index (χ3n) is 2.76. The Labute approximate surface area is 114 Å². The van der Waals surface area contributed by atoms with Crippen LogP contribution in [-0.2, 0) is 20.4 Å². The molecule has 0 aromatic heterocycles. The number of carbonyl (C=O) groups is 1. The first kappa shape index (κ1) is 15.4. The summed E-state index contributed by atoms with van der Waals surface area (Å²) in [6.45, 7) is 5.01. The molecule has 2 N–H and O–H groups in total. The van der Waals surface area contributed by atoms with Gasteiger partial charge in [0.25, 0.3) is 0 Å². The van der Waals surface area contributed by atoms with E-state index in [4.69, 9.17) is 5.73 Å². The molecule has 104 valence electrons. The minimum Gasteiger partial charge on any atom is -0.366 e. The molecule has 1 aromatic carbocycles. The smallest absolute Gasteiger partial charge is 0.241 e. The predicted molar refractivity (Wildman–Crippen MR) is 77.0 cm³/mol. The number of rotatable bonds is 4. The van der Waals surface area contributed by atoms with Gasteiger partial charge in [0, 0.05) is 6.08 Å². The average molecular weight is 281 g/mol. The first-order valence-corrected chi connectivity index (χ1v) is 7.56. The third kappa shape index (κ3) is 4.21. The van der Waals surface area contributed by atoms with Gasteiger partial charge >= 0.3 is 0 Å². The van der Waals surface area contributed by atoms with Gasteiger partial charge in [0.1, 0.15) is 0 Å². The van der Waals surface area contributed by atoms with Gasteiger partial charge in [-0.25, -0.2) is 8.42 Å². The van der Waals surface area contributed by atoms with E-state index in [-0.39, 0.29) is 5.75 Å². The van der Waals surface area contributed by atoms with Crippen LogP contribution in [0, 0.1) is 0 Å². The molecular formula is C14H19NO3S. The number of primary amides is 1. The van der Waals surface area contributed by atoms with Gasteiger partial charge in [-0.05, 0) is 38.0 Å². The summed E-state index contributed by atoms with van der Waals surface area (Å²) in [6, 6.07) is 7.06. The van der Waals surface area contributed by atoms with Crippen LogP contribution in [-0.4, -0.2) is 19.1 Å². The Hall–Kier alpha value is -1.62. The number of hydrogen-bond acceptors (Lipinski definition) is 3. The Morgan fingerprint density at radius 2 is 1.84 bits per heavy atom. The largest absolute Gasteiger partial charge is 0.366 e. The van der Waals surface area contributed by atoms with Gasteiger partial charge in [0.05, 0.1) is 10.5 Å². The van der Waals surface area contributed by atoms with Crippen molar-refractivity contribution in [2.75, 3.05) is 0 Å². The standard InChI is InChI=1S/C14H19NO3S/c1-14(2,3)19(17,18)10-12-7-5-4-6-11(12)8-9-13(15)16/h4-9H,10H2,1-3H3,(H2,15,16)/b9-8+. The lowest BCUT2D eigenvalue weighted by molar-refractivity contribution is -0.113. The van der Waals surface area contributed by atoms with Crippen molar-refractivity contribution < 1.29 is 13.2 Å². The van der Waals surface area contributed by atoms with Crippen molar-refractivity contribution in [3.63, 3.8) is 0 Å². The van der Waals surface area contributed by atoms with Crippen LogP contribution in [0.3, 0.4) is 0 Å². The van der Waals surface area contributed by atoms with Gasteiger partial charge in [-0.3, -0.25) is 4.79 Å². The van der Waals surface area contributed by atoms with E-state index >= 15 is 0 Å². The molecule has 1 amide bonds. The fraction of sp³-hybridized carbons (Fsp3) is 0.357. The van der Waals surface area contributed by atoms with E-state index < -0.39 is 20.5 Å². The Kier molecular flexibility index (Phi) is 4.52. The number of amides is 1. The van der Waals surface area contributed by atoms with Gasteiger partial charge in [-0.2, -0.15) is 0 Å². The van der Waals surface area contributed by atoms with E-state index in [2.05, 4.69) is 0 Å². The normalized spacial score (nSPS) is 12.8. The Bertz CT molecular complexity index is 595. The molecule has 0 aliphatic rings. The van der Waals surface area contributed by atoms with Crippen molar-refractivity contribution in [1.82, 2.24) is 0 Å². The Morgan fingerprint density at radius 3 is 2.37 bits per heavy atom. The molecule has 4 nitrogen and oxygen atoms in total. The highest BCUT2D eigenvalue weighted by Gasteiger charge is 2.29. The van der Waals surface area contributed by atoms with Gasteiger partial charge in [0.15, 0.2) is 9.84 Å². The summed E-state index contributed by atoms with van der Waals surface area (Å²) in [7, 11) is -3.26. The van der Waals surface area contributed by atoms with Gasteiger partial charge in [-0.1, -0.05) is 24.3 Å². The topological polar surface area (TPSA) is 77.2 Å². The molecular weight excluding hydrogens is 262 g/mol. The molecule has 0 saturated carbocycles. The zero-order chi connectivity index (χ0) is 14.7. The highest BCUT2D eigenvalue weighted by atomic mass is 32.2. The second-order valence-electron chi connectivity index (χ2n) is 5.31. The average Bonchev–Trinajstić information content (AvgIpc) is 2.25. The van der Waals surface area contributed by atoms with Gasteiger partial charge < -0.3 is 5.73 Å². The number of nitrogens with two attached hydrogens (primary N) is 1. The summed E-state index contributed by atoms with van der Waals surface area (Å²) in [4.78, 5) is 10.7. The van der Waals surface area contributed by atoms with E-state index in [1.54, 1.807) is 45.0 Å². The third-order valence-corrected chi connectivity index (χ3v) is 5.32. The van der Waals surface area contributed by atoms with E-state index in [1.165, 1.54) is 12.2 Å². The van der Waals surface area contributed by atoms with Crippen LogP contribution in [0.25, 0.3) is 6.08 Å². The predicted octanol–water partition coefficient (Wildman–Crippen LogP) is 1.90. The first-order chi connectivity index (χ1) is 8.63. The lowest BCUT2D eigenvalue weighted by Gasteiger charge is -2.19. The summed E-state index contributed by atoms with van der Waals surface area (Å²) in [5, 5.41) is 0. The van der Waals surface area contributed by atoms with Gasteiger partial charge in [0.2, 0.25) is 5.91 Å². The second kappa shape index (κ2) is 5.57. The zero-order valence-electron chi connectivity index (χ0n) is 11.4. The van der Waals surface area contributed by atoms with Crippen molar-refractivity contribution in [2.24, 2.45) is 5.73 Å². The van der Waals surface area contributed by atoms with Crippen molar-refractivity contribution in [3.05, 3.63) is 41.5 Å².